The number of alkyl halides is 1. The van der Waals surface area contributed by atoms with Gasteiger partial charge in [-0.3, -0.25) is 0 Å². The number of halogens is 1. The van der Waals surface area contributed by atoms with Crippen molar-refractivity contribution in [2.45, 2.75) is 31.7 Å². The molecule has 0 aliphatic heterocycles. The van der Waals surface area contributed by atoms with Gasteiger partial charge in [-0.25, -0.2) is 4.98 Å². The number of oxazole rings is 1. The van der Waals surface area contributed by atoms with Crippen LogP contribution in [0.15, 0.2) is 10.8 Å². The van der Waals surface area contributed by atoms with Crippen LogP contribution in [0.5, 0.6) is 0 Å². The molecule has 0 radical (unpaired) electrons. The summed E-state index contributed by atoms with van der Waals surface area (Å²) in [6, 6.07) is 0. The number of rotatable bonds is 5. The normalized spacial score (nSPS) is 13.2. The Kier molecular flexibility index (Phi) is 4.25. The van der Waals surface area contributed by atoms with Gasteiger partial charge in [0.05, 0.1) is 17.7 Å². The molecule has 74 valence electrons. The first-order valence-electron chi connectivity index (χ1n) is 4.28. The molecule has 4 heteroatoms. The average molecular weight is 204 g/mol. The maximum Gasteiger partial charge on any atom is 0.181 e. The van der Waals surface area contributed by atoms with Gasteiger partial charge >= 0.3 is 0 Å². The van der Waals surface area contributed by atoms with Crippen molar-refractivity contribution in [3.05, 3.63) is 17.8 Å². The molecule has 1 aromatic rings. The predicted molar refractivity (Wildman–Crippen MR) is 50.9 cm³/mol. The summed E-state index contributed by atoms with van der Waals surface area (Å²) in [7, 11) is 1.70. The largest absolute Gasteiger partial charge is 0.448 e. The molecule has 1 rings (SSSR count). The lowest BCUT2D eigenvalue weighted by atomic mass is 10.1. The highest BCUT2D eigenvalue weighted by molar-refractivity contribution is 6.16. The van der Waals surface area contributed by atoms with Crippen LogP contribution in [0.2, 0.25) is 0 Å². The molecule has 0 amide bonds. The lowest BCUT2D eigenvalue weighted by Crippen LogP contribution is -2.06. The first-order chi connectivity index (χ1) is 6.27. The average Bonchev–Trinajstić information content (AvgIpc) is 2.61. The van der Waals surface area contributed by atoms with Crippen molar-refractivity contribution in [2.75, 3.05) is 7.11 Å². The number of nitrogens with zero attached hydrogens (tertiary/aromatic N) is 1. The van der Waals surface area contributed by atoms with E-state index in [1.165, 1.54) is 6.39 Å². The molecule has 1 heterocycles. The number of hydrogen-bond acceptors (Lipinski definition) is 3. The highest BCUT2D eigenvalue weighted by atomic mass is 35.5. The molecule has 0 fully saturated rings. The van der Waals surface area contributed by atoms with Gasteiger partial charge in [-0.2, -0.15) is 0 Å². The SMILES string of the molecule is COC(C)CCc1ocnc1CCl. The summed E-state index contributed by atoms with van der Waals surface area (Å²) in [5.74, 6) is 1.28. The van der Waals surface area contributed by atoms with Crippen LogP contribution in [0.1, 0.15) is 24.8 Å². The van der Waals surface area contributed by atoms with Crippen molar-refractivity contribution in [1.29, 1.82) is 0 Å². The summed E-state index contributed by atoms with van der Waals surface area (Å²) in [6.45, 7) is 2.02. The molecule has 13 heavy (non-hydrogen) atoms. The summed E-state index contributed by atoms with van der Waals surface area (Å²) in [6.07, 6.45) is 3.44. The molecule has 3 nitrogen and oxygen atoms in total. The smallest absolute Gasteiger partial charge is 0.181 e. The maximum atomic E-state index is 5.67. The molecule has 0 aromatic carbocycles. The molecule has 1 aromatic heterocycles. The van der Waals surface area contributed by atoms with E-state index in [9.17, 15) is 0 Å². The van der Waals surface area contributed by atoms with Gasteiger partial charge in [0.15, 0.2) is 6.39 Å². The van der Waals surface area contributed by atoms with Crippen molar-refractivity contribution >= 4 is 11.6 Å². The van der Waals surface area contributed by atoms with Crippen LogP contribution in [-0.4, -0.2) is 18.2 Å². The fourth-order valence-corrected chi connectivity index (χ4v) is 1.28. The minimum absolute atomic E-state index is 0.244. The van der Waals surface area contributed by atoms with Gasteiger partial charge in [0.2, 0.25) is 0 Å². The number of ether oxygens (including phenoxy) is 1. The Labute approximate surface area is 83.1 Å². The third kappa shape index (κ3) is 3.01. The van der Waals surface area contributed by atoms with Gasteiger partial charge in [-0.05, 0) is 13.3 Å². The Balaban J connectivity index is 2.44. The van der Waals surface area contributed by atoms with Crippen LogP contribution in [0.3, 0.4) is 0 Å². The first kappa shape index (κ1) is 10.5. The Hall–Kier alpha value is -0.540. The van der Waals surface area contributed by atoms with E-state index in [-0.39, 0.29) is 6.10 Å². The minimum atomic E-state index is 0.244. The zero-order chi connectivity index (χ0) is 9.68. The van der Waals surface area contributed by atoms with Gasteiger partial charge in [0, 0.05) is 13.5 Å². The first-order valence-corrected chi connectivity index (χ1v) is 4.81. The second-order valence-electron chi connectivity index (χ2n) is 2.94. The van der Waals surface area contributed by atoms with Gasteiger partial charge in [-0.15, -0.1) is 11.6 Å². The van der Waals surface area contributed by atoms with Crippen LogP contribution >= 0.6 is 11.6 Å². The molecule has 0 spiro atoms. The molecular weight excluding hydrogens is 190 g/mol. The summed E-state index contributed by atoms with van der Waals surface area (Å²) in [4.78, 5) is 4.00. The van der Waals surface area contributed by atoms with Crippen LogP contribution in [0, 0.1) is 0 Å². The Morgan fingerprint density at radius 1 is 1.69 bits per heavy atom. The second kappa shape index (κ2) is 5.25. The molecule has 1 atom stereocenters. The number of aryl methyl sites for hydroxylation is 1. The molecule has 0 aliphatic carbocycles. The van der Waals surface area contributed by atoms with Gasteiger partial charge in [-0.1, -0.05) is 0 Å². The van der Waals surface area contributed by atoms with E-state index in [2.05, 4.69) is 4.98 Å². The summed E-state index contributed by atoms with van der Waals surface area (Å²) < 4.78 is 10.3. The third-order valence-electron chi connectivity index (χ3n) is 2.03. The van der Waals surface area contributed by atoms with E-state index in [1.807, 2.05) is 6.92 Å². The number of hydrogen-bond donors (Lipinski definition) is 0. The van der Waals surface area contributed by atoms with Gasteiger partial charge in [0.1, 0.15) is 5.76 Å². The summed E-state index contributed by atoms with van der Waals surface area (Å²) in [5.41, 5.74) is 0.838. The van der Waals surface area contributed by atoms with Crippen LogP contribution in [0.4, 0.5) is 0 Å². The molecule has 0 saturated carbocycles. The van der Waals surface area contributed by atoms with Gasteiger partial charge < -0.3 is 9.15 Å². The zero-order valence-electron chi connectivity index (χ0n) is 7.92. The van der Waals surface area contributed by atoms with Crippen molar-refractivity contribution in [2.24, 2.45) is 0 Å². The van der Waals surface area contributed by atoms with E-state index in [0.29, 0.717) is 5.88 Å². The Bertz CT molecular complexity index is 250. The Morgan fingerprint density at radius 2 is 2.46 bits per heavy atom. The quantitative estimate of drug-likeness (QED) is 0.690. The van der Waals surface area contributed by atoms with Crippen LogP contribution < -0.4 is 0 Å². The van der Waals surface area contributed by atoms with E-state index >= 15 is 0 Å². The highest BCUT2D eigenvalue weighted by Gasteiger charge is 2.08. The van der Waals surface area contributed by atoms with E-state index in [4.69, 9.17) is 20.8 Å². The summed E-state index contributed by atoms with van der Waals surface area (Å²) >= 11 is 5.67. The molecular formula is C9H14ClNO2. The minimum Gasteiger partial charge on any atom is -0.448 e. The fourth-order valence-electron chi connectivity index (χ4n) is 1.06. The molecule has 0 aliphatic rings. The van der Waals surface area contributed by atoms with Crippen molar-refractivity contribution < 1.29 is 9.15 Å². The van der Waals surface area contributed by atoms with Crippen molar-refractivity contribution in [1.82, 2.24) is 4.98 Å². The van der Waals surface area contributed by atoms with Crippen molar-refractivity contribution in [3.8, 4) is 0 Å². The molecule has 0 N–H and O–H groups in total. The molecule has 0 bridgehead atoms. The van der Waals surface area contributed by atoms with Crippen LogP contribution in [-0.2, 0) is 17.0 Å². The maximum absolute atomic E-state index is 5.67. The number of aromatic nitrogens is 1. The lowest BCUT2D eigenvalue weighted by Gasteiger charge is -2.07. The second-order valence-corrected chi connectivity index (χ2v) is 3.21. The van der Waals surface area contributed by atoms with E-state index < -0.39 is 0 Å². The number of methoxy groups -OCH3 is 1. The fraction of sp³-hybridized carbons (Fsp3) is 0.667. The highest BCUT2D eigenvalue weighted by Crippen LogP contribution is 2.13. The van der Waals surface area contributed by atoms with Crippen LogP contribution in [0.25, 0.3) is 0 Å². The summed E-state index contributed by atoms with van der Waals surface area (Å²) in [5, 5.41) is 0. The zero-order valence-corrected chi connectivity index (χ0v) is 8.67. The topological polar surface area (TPSA) is 35.3 Å². The van der Waals surface area contributed by atoms with Gasteiger partial charge in [0.25, 0.3) is 0 Å². The lowest BCUT2D eigenvalue weighted by molar-refractivity contribution is 0.110. The molecule has 0 saturated heterocycles. The Morgan fingerprint density at radius 3 is 3.08 bits per heavy atom. The van der Waals surface area contributed by atoms with E-state index in [1.54, 1.807) is 7.11 Å². The van der Waals surface area contributed by atoms with Crippen molar-refractivity contribution in [3.63, 3.8) is 0 Å². The molecule has 1 unspecified atom stereocenters. The standard InChI is InChI=1S/C9H14ClNO2/c1-7(12-2)3-4-9-8(5-10)11-6-13-9/h6-7H,3-5H2,1-2H3. The van der Waals surface area contributed by atoms with E-state index in [0.717, 1.165) is 24.3 Å². The monoisotopic (exact) mass is 203 g/mol. The third-order valence-corrected chi connectivity index (χ3v) is 2.29. The predicted octanol–water partition coefficient (Wildman–Crippen LogP) is 2.38.